The van der Waals surface area contributed by atoms with Crippen LogP contribution in [0.1, 0.15) is 22.3 Å². The van der Waals surface area contributed by atoms with E-state index in [1.54, 1.807) is 0 Å². The number of aromatic nitrogens is 1. The van der Waals surface area contributed by atoms with Crippen molar-refractivity contribution in [3.8, 4) is 11.3 Å². The van der Waals surface area contributed by atoms with Crippen LogP contribution in [0.3, 0.4) is 0 Å². The molecule has 1 heteroatoms. The molecule has 0 unspecified atom stereocenters. The standard InChI is InChI=1S/C20H19N/c1-15-6-9-17(10-7-15)13-18-11-8-16(2)19(14-18)20-5-3-4-12-21-20/h3-12,14H,13H2,1-2H3. The monoisotopic (exact) mass is 273 g/mol. The van der Waals surface area contributed by atoms with Crippen LogP contribution in [0.5, 0.6) is 0 Å². The van der Waals surface area contributed by atoms with E-state index < -0.39 is 0 Å². The number of hydrogen-bond acceptors (Lipinski definition) is 1. The average Bonchev–Trinajstić information content (AvgIpc) is 2.52. The lowest BCUT2D eigenvalue weighted by atomic mass is 9.97. The van der Waals surface area contributed by atoms with E-state index in [2.05, 4.69) is 67.4 Å². The summed E-state index contributed by atoms with van der Waals surface area (Å²) in [6, 6.07) is 21.5. The van der Waals surface area contributed by atoms with Gasteiger partial charge in [-0.2, -0.15) is 0 Å². The highest BCUT2D eigenvalue weighted by molar-refractivity contribution is 5.64. The zero-order valence-electron chi connectivity index (χ0n) is 12.5. The van der Waals surface area contributed by atoms with Crippen LogP contribution >= 0.6 is 0 Å². The van der Waals surface area contributed by atoms with Crippen molar-refractivity contribution < 1.29 is 0 Å². The van der Waals surface area contributed by atoms with Gasteiger partial charge in [0.15, 0.2) is 0 Å². The number of rotatable bonds is 3. The van der Waals surface area contributed by atoms with Gasteiger partial charge in [-0.15, -0.1) is 0 Å². The van der Waals surface area contributed by atoms with Crippen molar-refractivity contribution in [3.05, 3.63) is 89.1 Å². The molecule has 1 nitrogen and oxygen atoms in total. The maximum Gasteiger partial charge on any atom is 0.0704 e. The van der Waals surface area contributed by atoms with Gasteiger partial charge in [-0.3, -0.25) is 4.98 Å². The summed E-state index contributed by atoms with van der Waals surface area (Å²) in [6.45, 7) is 4.26. The Labute approximate surface area is 126 Å². The summed E-state index contributed by atoms with van der Waals surface area (Å²) in [5.41, 5.74) is 7.50. The van der Waals surface area contributed by atoms with Gasteiger partial charge in [0.1, 0.15) is 0 Å². The molecule has 104 valence electrons. The van der Waals surface area contributed by atoms with Crippen molar-refractivity contribution in [2.24, 2.45) is 0 Å². The Morgan fingerprint density at radius 3 is 2.29 bits per heavy atom. The van der Waals surface area contributed by atoms with Crippen LogP contribution in [-0.4, -0.2) is 4.98 Å². The van der Waals surface area contributed by atoms with Gasteiger partial charge in [0.2, 0.25) is 0 Å². The van der Waals surface area contributed by atoms with Crippen LogP contribution in [0, 0.1) is 13.8 Å². The fourth-order valence-electron chi connectivity index (χ4n) is 2.52. The van der Waals surface area contributed by atoms with Crippen molar-refractivity contribution in [1.82, 2.24) is 4.98 Å². The van der Waals surface area contributed by atoms with Gasteiger partial charge in [0.05, 0.1) is 5.69 Å². The zero-order valence-corrected chi connectivity index (χ0v) is 12.5. The maximum absolute atomic E-state index is 4.47. The first-order valence-corrected chi connectivity index (χ1v) is 7.29. The van der Waals surface area contributed by atoms with Crippen LogP contribution in [0.25, 0.3) is 11.3 Å². The Hall–Kier alpha value is -2.41. The van der Waals surface area contributed by atoms with E-state index >= 15 is 0 Å². The van der Waals surface area contributed by atoms with Gasteiger partial charge < -0.3 is 0 Å². The first kappa shape index (κ1) is 13.6. The molecule has 3 rings (SSSR count). The van der Waals surface area contributed by atoms with E-state index in [1.165, 1.54) is 27.8 Å². The summed E-state index contributed by atoms with van der Waals surface area (Å²) in [6.07, 6.45) is 2.81. The van der Waals surface area contributed by atoms with E-state index in [4.69, 9.17) is 0 Å². The van der Waals surface area contributed by atoms with Gasteiger partial charge in [-0.05, 0) is 55.2 Å². The third kappa shape index (κ3) is 3.19. The predicted molar refractivity (Wildman–Crippen MR) is 88.4 cm³/mol. The van der Waals surface area contributed by atoms with E-state index in [0.29, 0.717) is 0 Å². The van der Waals surface area contributed by atoms with Gasteiger partial charge in [0.25, 0.3) is 0 Å². The Balaban J connectivity index is 1.92. The molecule has 0 fully saturated rings. The highest BCUT2D eigenvalue weighted by atomic mass is 14.7. The lowest BCUT2D eigenvalue weighted by Crippen LogP contribution is -1.92. The SMILES string of the molecule is Cc1ccc(Cc2ccc(C)c(-c3ccccn3)c2)cc1. The molecule has 0 aliphatic heterocycles. The molecular formula is C20H19N. The Morgan fingerprint density at radius 2 is 1.57 bits per heavy atom. The topological polar surface area (TPSA) is 12.9 Å². The lowest BCUT2D eigenvalue weighted by molar-refractivity contribution is 1.18. The Morgan fingerprint density at radius 1 is 0.810 bits per heavy atom. The van der Waals surface area contributed by atoms with Crippen LogP contribution in [0.4, 0.5) is 0 Å². The fourth-order valence-corrected chi connectivity index (χ4v) is 2.52. The second-order valence-corrected chi connectivity index (χ2v) is 5.53. The molecule has 0 N–H and O–H groups in total. The predicted octanol–water partition coefficient (Wildman–Crippen LogP) is 4.96. The largest absolute Gasteiger partial charge is 0.256 e. The fraction of sp³-hybridized carbons (Fsp3) is 0.150. The number of hydrogen-bond donors (Lipinski definition) is 0. The average molecular weight is 273 g/mol. The molecule has 3 aromatic rings. The summed E-state index contributed by atoms with van der Waals surface area (Å²) >= 11 is 0. The van der Waals surface area contributed by atoms with Gasteiger partial charge in [0, 0.05) is 11.8 Å². The molecule has 0 atom stereocenters. The number of nitrogens with zero attached hydrogens (tertiary/aromatic N) is 1. The summed E-state index contributed by atoms with van der Waals surface area (Å²) in [4.78, 5) is 4.47. The zero-order chi connectivity index (χ0) is 14.7. The lowest BCUT2D eigenvalue weighted by Gasteiger charge is -2.09. The highest BCUT2D eigenvalue weighted by Gasteiger charge is 2.05. The van der Waals surface area contributed by atoms with Gasteiger partial charge in [-0.25, -0.2) is 0 Å². The van der Waals surface area contributed by atoms with Crippen molar-refractivity contribution >= 4 is 0 Å². The van der Waals surface area contributed by atoms with E-state index in [1.807, 2.05) is 18.3 Å². The molecule has 1 aromatic heterocycles. The number of benzene rings is 2. The molecule has 0 amide bonds. The minimum absolute atomic E-state index is 0.959. The third-order valence-electron chi connectivity index (χ3n) is 3.77. The summed E-state index contributed by atoms with van der Waals surface area (Å²) < 4.78 is 0. The third-order valence-corrected chi connectivity index (χ3v) is 3.77. The maximum atomic E-state index is 4.47. The smallest absolute Gasteiger partial charge is 0.0704 e. The van der Waals surface area contributed by atoms with Gasteiger partial charge >= 0.3 is 0 Å². The van der Waals surface area contributed by atoms with Crippen LogP contribution < -0.4 is 0 Å². The summed E-state index contributed by atoms with van der Waals surface area (Å²) in [5.74, 6) is 0. The second-order valence-electron chi connectivity index (χ2n) is 5.53. The molecule has 0 saturated heterocycles. The summed E-state index contributed by atoms with van der Waals surface area (Å²) in [5, 5.41) is 0. The quantitative estimate of drug-likeness (QED) is 0.657. The van der Waals surface area contributed by atoms with E-state index in [0.717, 1.165) is 12.1 Å². The minimum atomic E-state index is 0.959. The van der Waals surface area contributed by atoms with Crippen LogP contribution in [-0.2, 0) is 6.42 Å². The molecular weight excluding hydrogens is 254 g/mol. The van der Waals surface area contributed by atoms with Crippen LogP contribution in [0.15, 0.2) is 66.9 Å². The highest BCUT2D eigenvalue weighted by Crippen LogP contribution is 2.23. The van der Waals surface area contributed by atoms with Crippen molar-refractivity contribution in [2.45, 2.75) is 20.3 Å². The molecule has 0 aliphatic carbocycles. The molecule has 21 heavy (non-hydrogen) atoms. The summed E-state index contributed by atoms with van der Waals surface area (Å²) in [7, 11) is 0. The van der Waals surface area contributed by atoms with Gasteiger partial charge in [-0.1, -0.05) is 48.0 Å². The normalized spacial score (nSPS) is 10.6. The minimum Gasteiger partial charge on any atom is -0.256 e. The number of aryl methyl sites for hydroxylation is 2. The molecule has 0 bridgehead atoms. The Kier molecular flexibility index (Phi) is 3.83. The molecule has 2 aromatic carbocycles. The first-order valence-electron chi connectivity index (χ1n) is 7.29. The van der Waals surface area contributed by atoms with Crippen molar-refractivity contribution in [1.29, 1.82) is 0 Å². The Bertz CT molecular complexity index is 728. The molecule has 0 radical (unpaired) electrons. The van der Waals surface area contributed by atoms with Crippen LogP contribution in [0.2, 0.25) is 0 Å². The molecule has 0 aliphatic rings. The van der Waals surface area contributed by atoms with Crippen molar-refractivity contribution in [2.75, 3.05) is 0 Å². The number of pyridine rings is 1. The van der Waals surface area contributed by atoms with E-state index in [-0.39, 0.29) is 0 Å². The first-order chi connectivity index (χ1) is 10.2. The molecule has 1 heterocycles. The van der Waals surface area contributed by atoms with Crippen molar-refractivity contribution in [3.63, 3.8) is 0 Å². The second kappa shape index (κ2) is 5.92. The molecule has 0 saturated carbocycles. The molecule has 0 spiro atoms. The van der Waals surface area contributed by atoms with E-state index in [9.17, 15) is 0 Å².